The van der Waals surface area contributed by atoms with Crippen LogP contribution in [0.5, 0.6) is 0 Å². The zero-order valence-electron chi connectivity index (χ0n) is 20.6. The van der Waals surface area contributed by atoms with Crippen LogP contribution in [0.15, 0.2) is 54.7 Å². The summed E-state index contributed by atoms with van der Waals surface area (Å²) in [6.45, 7) is 7.37. The molecule has 188 valence electrons. The van der Waals surface area contributed by atoms with E-state index in [1.165, 1.54) is 6.92 Å². The molecular formula is C27H33F3N4O. The molecule has 1 heterocycles. The maximum Gasteiger partial charge on any atom is 0.220 e. The van der Waals surface area contributed by atoms with Crippen molar-refractivity contribution in [2.75, 3.05) is 13.2 Å². The maximum absolute atomic E-state index is 14.7. The number of benzene rings is 2. The lowest BCUT2D eigenvalue weighted by molar-refractivity contribution is -0.134. The van der Waals surface area contributed by atoms with Crippen LogP contribution in [0.3, 0.4) is 0 Å². The lowest BCUT2D eigenvalue weighted by Crippen LogP contribution is -2.43. The number of hydrogen-bond acceptors (Lipinski definition) is 3. The molecule has 3 rings (SSSR count). The van der Waals surface area contributed by atoms with Gasteiger partial charge in [0.2, 0.25) is 5.91 Å². The summed E-state index contributed by atoms with van der Waals surface area (Å²) >= 11 is 0. The summed E-state index contributed by atoms with van der Waals surface area (Å²) in [5, 5.41) is 0. The van der Waals surface area contributed by atoms with Gasteiger partial charge in [0.05, 0.1) is 11.7 Å². The summed E-state index contributed by atoms with van der Waals surface area (Å²) < 4.78 is 43.6. The average Bonchev–Trinajstić information content (AvgIpc) is 3.20. The largest absolute Gasteiger partial charge is 0.332 e. The Bertz CT molecular complexity index is 1140. The zero-order chi connectivity index (χ0) is 25.8. The molecule has 0 aliphatic carbocycles. The van der Waals surface area contributed by atoms with Crippen LogP contribution in [0, 0.1) is 17.0 Å². The van der Waals surface area contributed by atoms with Crippen LogP contribution in [-0.2, 0) is 11.3 Å². The second-order valence-corrected chi connectivity index (χ2v) is 9.91. The molecule has 35 heavy (non-hydrogen) atoms. The van der Waals surface area contributed by atoms with Crippen LogP contribution >= 0.6 is 0 Å². The van der Waals surface area contributed by atoms with Crippen LogP contribution in [0.1, 0.15) is 51.5 Å². The number of amides is 1. The molecule has 2 N–H and O–H groups in total. The smallest absolute Gasteiger partial charge is 0.220 e. The van der Waals surface area contributed by atoms with Crippen LogP contribution in [0.25, 0.3) is 11.3 Å². The van der Waals surface area contributed by atoms with E-state index < -0.39 is 35.8 Å². The molecule has 0 spiro atoms. The third-order valence-electron chi connectivity index (χ3n) is 5.93. The summed E-state index contributed by atoms with van der Waals surface area (Å²) in [6, 6.07) is 11.7. The number of alkyl halides is 1. The van der Waals surface area contributed by atoms with Crippen LogP contribution in [-0.4, -0.2) is 39.6 Å². The van der Waals surface area contributed by atoms with Gasteiger partial charge in [0.15, 0.2) is 0 Å². The fraction of sp³-hybridized carbons (Fsp3) is 0.407. The van der Waals surface area contributed by atoms with Gasteiger partial charge >= 0.3 is 0 Å². The zero-order valence-corrected chi connectivity index (χ0v) is 20.6. The number of hydrogen-bond donors (Lipinski definition) is 1. The van der Waals surface area contributed by atoms with E-state index in [4.69, 9.17) is 10.7 Å². The molecule has 8 heteroatoms. The van der Waals surface area contributed by atoms with Gasteiger partial charge in [-0.15, -0.1) is 0 Å². The molecule has 0 aliphatic heterocycles. The van der Waals surface area contributed by atoms with Crippen LogP contribution in [0.2, 0.25) is 0 Å². The molecule has 0 bridgehead atoms. The standard InChI is InChI=1S/C27H33F3N4O/c1-18(35)34(13-12-21(31)15-28)25(27(2,3)4)26-32-24(22-14-20(29)10-11-23(22)30)17-33(26)16-19-8-6-5-7-9-19/h5-11,14,17,21,25H,12-13,15-16,31H2,1-4H3/t21?,25-/m0/s1. The van der Waals surface area contributed by atoms with Gasteiger partial charge in [-0.1, -0.05) is 51.1 Å². The summed E-state index contributed by atoms with van der Waals surface area (Å²) in [4.78, 5) is 19.2. The predicted molar refractivity (Wildman–Crippen MR) is 131 cm³/mol. The number of carbonyl (C=O) groups is 1. The first-order chi connectivity index (χ1) is 16.5. The molecule has 0 saturated carbocycles. The Morgan fingerprint density at radius 3 is 2.43 bits per heavy atom. The third kappa shape index (κ3) is 6.51. The van der Waals surface area contributed by atoms with E-state index in [1.54, 1.807) is 11.1 Å². The second kappa shape index (κ2) is 11.1. The van der Waals surface area contributed by atoms with Gasteiger partial charge in [-0.2, -0.15) is 0 Å². The molecule has 1 aromatic heterocycles. The number of nitrogens with zero attached hydrogens (tertiary/aromatic N) is 3. The van der Waals surface area contributed by atoms with Crippen molar-refractivity contribution in [1.29, 1.82) is 0 Å². The normalized spacial score (nSPS) is 13.5. The third-order valence-corrected chi connectivity index (χ3v) is 5.93. The van der Waals surface area contributed by atoms with E-state index in [9.17, 15) is 18.0 Å². The summed E-state index contributed by atoms with van der Waals surface area (Å²) in [5.74, 6) is -0.835. The molecule has 0 fully saturated rings. The number of carbonyl (C=O) groups excluding carboxylic acids is 1. The minimum Gasteiger partial charge on any atom is -0.332 e. The summed E-state index contributed by atoms with van der Waals surface area (Å²) in [5.41, 5.74) is 6.61. The van der Waals surface area contributed by atoms with E-state index in [-0.39, 0.29) is 30.1 Å². The molecule has 5 nitrogen and oxygen atoms in total. The molecule has 0 aliphatic rings. The maximum atomic E-state index is 14.7. The highest BCUT2D eigenvalue weighted by molar-refractivity contribution is 5.74. The van der Waals surface area contributed by atoms with Crippen LogP contribution < -0.4 is 5.73 Å². The van der Waals surface area contributed by atoms with Gasteiger partial charge in [-0.05, 0) is 35.6 Å². The molecule has 1 amide bonds. The van der Waals surface area contributed by atoms with Gasteiger partial charge in [0, 0.05) is 37.8 Å². The highest BCUT2D eigenvalue weighted by Gasteiger charge is 2.37. The second-order valence-electron chi connectivity index (χ2n) is 9.91. The van der Waals surface area contributed by atoms with E-state index in [0.29, 0.717) is 12.4 Å². The van der Waals surface area contributed by atoms with Crippen molar-refractivity contribution < 1.29 is 18.0 Å². The lowest BCUT2D eigenvalue weighted by atomic mass is 9.84. The van der Waals surface area contributed by atoms with E-state index >= 15 is 0 Å². The first-order valence-corrected chi connectivity index (χ1v) is 11.7. The quantitative estimate of drug-likeness (QED) is 0.434. The molecular weight excluding hydrogens is 453 g/mol. The van der Waals surface area contributed by atoms with Crippen molar-refractivity contribution in [1.82, 2.24) is 14.5 Å². The number of imidazole rings is 1. The van der Waals surface area contributed by atoms with Gasteiger partial charge in [-0.25, -0.2) is 18.2 Å². The van der Waals surface area contributed by atoms with E-state index in [0.717, 1.165) is 23.8 Å². The van der Waals surface area contributed by atoms with Crippen molar-refractivity contribution in [3.05, 3.63) is 77.8 Å². The monoisotopic (exact) mass is 486 g/mol. The Kier molecular flexibility index (Phi) is 8.38. The Morgan fingerprint density at radius 2 is 1.83 bits per heavy atom. The lowest BCUT2D eigenvalue weighted by Gasteiger charge is -2.40. The summed E-state index contributed by atoms with van der Waals surface area (Å²) in [7, 11) is 0. The molecule has 0 saturated heterocycles. The Morgan fingerprint density at radius 1 is 1.14 bits per heavy atom. The van der Waals surface area contributed by atoms with Crippen molar-refractivity contribution >= 4 is 5.91 Å². The minimum absolute atomic E-state index is 0.0412. The topological polar surface area (TPSA) is 64.2 Å². The first kappa shape index (κ1) is 26.5. The van der Waals surface area contributed by atoms with Gasteiger partial charge in [-0.3, -0.25) is 4.79 Å². The predicted octanol–water partition coefficient (Wildman–Crippen LogP) is 5.50. The van der Waals surface area contributed by atoms with E-state index in [1.807, 2.05) is 55.7 Å². The van der Waals surface area contributed by atoms with Crippen molar-refractivity contribution in [2.24, 2.45) is 11.1 Å². The highest BCUT2D eigenvalue weighted by Crippen LogP contribution is 2.39. The van der Waals surface area contributed by atoms with Gasteiger partial charge < -0.3 is 15.2 Å². The van der Waals surface area contributed by atoms with Crippen molar-refractivity contribution in [2.45, 2.75) is 52.7 Å². The minimum atomic E-state index is -0.683. The number of rotatable bonds is 9. The van der Waals surface area contributed by atoms with Crippen molar-refractivity contribution in [3.63, 3.8) is 0 Å². The SMILES string of the molecule is CC(=O)N(CCC(N)CF)[C@@H](c1nc(-c2cc(F)ccc2F)cn1Cc1ccccc1)C(C)(C)C. The number of aromatic nitrogens is 2. The highest BCUT2D eigenvalue weighted by atomic mass is 19.1. The van der Waals surface area contributed by atoms with Gasteiger partial charge in [0.1, 0.15) is 24.1 Å². The van der Waals surface area contributed by atoms with Crippen molar-refractivity contribution in [3.8, 4) is 11.3 Å². The molecule has 1 unspecified atom stereocenters. The number of halogens is 3. The molecule has 2 atom stereocenters. The molecule has 2 aromatic carbocycles. The first-order valence-electron chi connectivity index (χ1n) is 11.7. The van der Waals surface area contributed by atoms with Crippen LogP contribution in [0.4, 0.5) is 13.2 Å². The molecule has 0 radical (unpaired) electrons. The Balaban J connectivity index is 2.17. The number of nitrogens with two attached hydrogens (primary N) is 1. The Hall–Kier alpha value is -3.13. The average molecular weight is 487 g/mol. The fourth-order valence-corrected chi connectivity index (χ4v) is 4.22. The molecule has 3 aromatic rings. The van der Waals surface area contributed by atoms with Gasteiger partial charge in [0.25, 0.3) is 0 Å². The Labute approximate surface area is 204 Å². The fourth-order valence-electron chi connectivity index (χ4n) is 4.22. The summed E-state index contributed by atoms with van der Waals surface area (Å²) in [6.07, 6.45) is 1.97. The van der Waals surface area contributed by atoms with E-state index in [2.05, 4.69) is 0 Å².